The second kappa shape index (κ2) is 8.50. The molecule has 0 rings (SSSR count). The molecule has 0 aromatic heterocycles. The fraction of sp³-hybridized carbons (Fsp3) is 0.769. The lowest BCUT2D eigenvalue weighted by Crippen LogP contribution is -2.26. The first-order valence-corrected chi connectivity index (χ1v) is 6.47. The van der Waals surface area contributed by atoms with Crippen LogP contribution in [0.2, 0.25) is 0 Å². The molecule has 0 aliphatic carbocycles. The van der Waals surface area contributed by atoms with Crippen molar-refractivity contribution in [2.45, 2.75) is 46.0 Å². The van der Waals surface area contributed by atoms with Gasteiger partial charge in [-0.05, 0) is 19.3 Å². The first-order chi connectivity index (χ1) is 8.79. The van der Waals surface area contributed by atoms with Crippen LogP contribution in [-0.2, 0) is 14.4 Å². The molecule has 0 saturated heterocycles. The molecule has 0 bridgehead atoms. The molecule has 0 spiro atoms. The van der Waals surface area contributed by atoms with Crippen molar-refractivity contribution < 1.29 is 29.7 Å². The van der Waals surface area contributed by atoms with Crippen molar-refractivity contribution in [3.8, 4) is 0 Å². The molecule has 3 N–H and O–H groups in total. The fourth-order valence-corrected chi connectivity index (χ4v) is 1.96. The van der Waals surface area contributed by atoms with E-state index in [0.29, 0.717) is 6.42 Å². The standard InChI is InChI=1S/C13H22O6/c1-3-4-5-9(12(16)17)7-10(13(18)19)6-8(2)11(14)15/h8-10H,3-7H2,1-2H3,(H,14,15)(H,16,17)(H,18,19). The quantitative estimate of drug-likeness (QED) is 0.562. The van der Waals surface area contributed by atoms with Crippen molar-refractivity contribution in [2.24, 2.45) is 17.8 Å². The van der Waals surface area contributed by atoms with Crippen molar-refractivity contribution in [1.29, 1.82) is 0 Å². The third-order valence-corrected chi connectivity index (χ3v) is 3.23. The lowest BCUT2D eigenvalue weighted by molar-refractivity contribution is -0.147. The summed E-state index contributed by atoms with van der Waals surface area (Å²) in [6, 6.07) is 0. The molecule has 6 nitrogen and oxygen atoms in total. The van der Waals surface area contributed by atoms with Crippen molar-refractivity contribution >= 4 is 17.9 Å². The lowest BCUT2D eigenvalue weighted by atomic mass is 9.85. The number of carboxylic acid groups (broad SMARTS) is 3. The summed E-state index contributed by atoms with van der Waals surface area (Å²) >= 11 is 0. The molecule has 0 fully saturated rings. The van der Waals surface area contributed by atoms with Crippen LogP contribution in [0.5, 0.6) is 0 Å². The van der Waals surface area contributed by atoms with E-state index in [0.717, 1.165) is 12.8 Å². The molecule has 0 aromatic carbocycles. The van der Waals surface area contributed by atoms with Gasteiger partial charge in [0.25, 0.3) is 0 Å². The number of rotatable bonds is 10. The lowest BCUT2D eigenvalue weighted by Gasteiger charge is -2.19. The van der Waals surface area contributed by atoms with Gasteiger partial charge in [0, 0.05) is 0 Å². The van der Waals surface area contributed by atoms with E-state index in [2.05, 4.69) is 0 Å². The third-order valence-electron chi connectivity index (χ3n) is 3.23. The molecule has 0 aromatic rings. The molecular weight excluding hydrogens is 252 g/mol. The highest BCUT2D eigenvalue weighted by Crippen LogP contribution is 2.24. The average molecular weight is 274 g/mol. The minimum atomic E-state index is -1.13. The molecule has 0 aliphatic heterocycles. The maximum absolute atomic E-state index is 11.1. The highest BCUT2D eigenvalue weighted by molar-refractivity contribution is 5.75. The number of hydrogen-bond acceptors (Lipinski definition) is 3. The number of hydrogen-bond donors (Lipinski definition) is 3. The van der Waals surface area contributed by atoms with Gasteiger partial charge in [-0.1, -0.05) is 26.7 Å². The molecule has 0 amide bonds. The summed E-state index contributed by atoms with van der Waals surface area (Å²) in [5.41, 5.74) is 0. The summed E-state index contributed by atoms with van der Waals surface area (Å²) < 4.78 is 0. The van der Waals surface area contributed by atoms with Crippen molar-refractivity contribution in [2.75, 3.05) is 0 Å². The minimum Gasteiger partial charge on any atom is -0.481 e. The van der Waals surface area contributed by atoms with Crippen LogP contribution in [0.15, 0.2) is 0 Å². The minimum absolute atomic E-state index is 0.0116. The molecule has 3 atom stereocenters. The van der Waals surface area contributed by atoms with Gasteiger partial charge in [-0.15, -0.1) is 0 Å². The summed E-state index contributed by atoms with van der Waals surface area (Å²) in [5, 5.41) is 26.9. The Morgan fingerprint density at radius 2 is 1.42 bits per heavy atom. The van der Waals surface area contributed by atoms with Gasteiger partial charge < -0.3 is 15.3 Å². The molecule has 0 radical (unpaired) electrons. The van der Waals surface area contributed by atoms with Crippen LogP contribution in [0.3, 0.4) is 0 Å². The third kappa shape index (κ3) is 6.79. The smallest absolute Gasteiger partial charge is 0.306 e. The maximum Gasteiger partial charge on any atom is 0.306 e. The van der Waals surface area contributed by atoms with E-state index in [9.17, 15) is 14.4 Å². The zero-order chi connectivity index (χ0) is 15.0. The van der Waals surface area contributed by atoms with Crippen molar-refractivity contribution in [3.05, 3.63) is 0 Å². The van der Waals surface area contributed by atoms with Gasteiger partial charge in [0.1, 0.15) is 0 Å². The first-order valence-electron chi connectivity index (χ1n) is 6.47. The van der Waals surface area contributed by atoms with E-state index in [-0.39, 0.29) is 12.8 Å². The molecule has 3 unspecified atom stereocenters. The van der Waals surface area contributed by atoms with E-state index >= 15 is 0 Å². The molecule has 0 aliphatic rings. The predicted molar refractivity (Wildman–Crippen MR) is 67.8 cm³/mol. The summed E-state index contributed by atoms with van der Waals surface area (Å²) in [6.07, 6.45) is 1.94. The summed E-state index contributed by atoms with van der Waals surface area (Å²) in [4.78, 5) is 32.9. The van der Waals surface area contributed by atoms with Crippen LogP contribution in [0.1, 0.15) is 46.0 Å². The van der Waals surface area contributed by atoms with Gasteiger partial charge in [0.05, 0.1) is 17.8 Å². The zero-order valence-corrected chi connectivity index (χ0v) is 11.3. The van der Waals surface area contributed by atoms with E-state index in [4.69, 9.17) is 15.3 Å². The topological polar surface area (TPSA) is 112 Å². The maximum atomic E-state index is 11.1. The second-order valence-electron chi connectivity index (χ2n) is 4.92. The Balaban J connectivity index is 4.65. The van der Waals surface area contributed by atoms with Crippen LogP contribution in [0, 0.1) is 17.8 Å². The zero-order valence-electron chi connectivity index (χ0n) is 11.3. The predicted octanol–water partition coefficient (Wildman–Crippen LogP) is 2.08. The number of carboxylic acids is 3. The second-order valence-corrected chi connectivity index (χ2v) is 4.92. The Kier molecular flexibility index (Phi) is 7.79. The van der Waals surface area contributed by atoms with Gasteiger partial charge in [-0.2, -0.15) is 0 Å². The molecule has 110 valence electrons. The highest BCUT2D eigenvalue weighted by Gasteiger charge is 2.29. The van der Waals surface area contributed by atoms with Gasteiger partial charge in [-0.25, -0.2) is 0 Å². The molecule has 19 heavy (non-hydrogen) atoms. The Bertz CT molecular complexity index is 325. The molecular formula is C13H22O6. The number of carbonyl (C=O) groups is 3. The van der Waals surface area contributed by atoms with Crippen LogP contribution in [0.25, 0.3) is 0 Å². The van der Waals surface area contributed by atoms with Crippen molar-refractivity contribution in [3.63, 3.8) is 0 Å². The van der Waals surface area contributed by atoms with Gasteiger partial charge in [0.2, 0.25) is 0 Å². The summed E-state index contributed by atoms with van der Waals surface area (Å²) in [5.74, 6) is -5.64. The van der Waals surface area contributed by atoms with Crippen LogP contribution < -0.4 is 0 Å². The normalized spacial score (nSPS) is 15.5. The van der Waals surface area contributed by atoms with Crippen LogP contribution in [-0.4, -0.2) is 33.2 Å². The Hall–Kier alpha value is -1.59. The molecule has 6 heteroatoms. The Labute approximate surface area is 112 Å². The van der Waals surface area contributed by atoms with E-state index in [1.165, 1.54) is 6.92 Å². The number of aliphatic carboxylic acids is 3. The highest BCUT2D eigenvalue weighted by atomic mass is 16.4. The van der Waals surface area contributed by atoms with E-state index in [1.807, 2.05) is 6.92 Å². The monoisotopic (exact) mass is 274 g/mol. The first kappa shape index (κ1) is 17.4. The SMILES string of the molecule is CCCCC(CC(CC(C)C(=O)O)C(=O)O)C(=O)O. The van der Waals surface area contributed by atoms with E-state index < -0.39 is 35.7 Å². The summed E-state index contributed by atoms with van der Waals surface area (Å²) in [6.45, 7) is 3.36. The molecule has 0 heterocycles. The molecule has 0 saturated carbocycles. The Morgan fingerprint density at radius 1 is 0.895 bits per heavy atom. The average Bonchev–Trinajstić information content (AvgIpc) is 2.31. The van der Waals surface area contributed by atoms with Gasteiger partial charge >= 0.3 is 17.9 Å². The summed E-state index contributed by atoms with van der Waals surface area (Å²) in [7, 11) is 0. The Morgan fingerprint density at radius 3 is 1.79 bits per heavy atom. The van der Waals surface area contributed by atoms with E-state index in [1.54, 1.807) is 0 Å². The number of unbranched alkanes of at least 4 members (excludes halogenated alkanes) is 1. The van der Waals surface area contributed by atoms with Gasteiger partial charge in [0.15, 0.2) is 0 Å². The van der Waals surface area contributed by atoms with Crippen LogP contribution >= 0.6 is 0 Å². The largest absolute Gasteiger partial charge is 0.481 e. The van der Waals surface area contributed by atoms with Crippen LogP contribution in [0.4, 0.5) is 0 Å². The van der Waals surface area contributed by atoms with Crippen molar-refractivity contribution in [1.82, 2.24) is 0 Å². The van der Waals surface area contributed by atoms with Gasteiger partial charge in [-0.3, -0.25) is 14.4 Å². The fourth-order valence-electron chi connectivity index (χ4n) is 1.96.